The maximum absolute atomic E-state index is 14.3. The highest BCUT2D eigenvalue weighted by atomic mass is 32.2. The monoisotopic (exact) mass is 474 g/mol. The SMILES string of the molecule is Cc1cc2c(cc1F)c(C1CCN(S(=O)(=O)c3ccc(OC(C)C)cc3)C1)cn2CC(=O)O. The number of aryl methyl sites for hydroxylation is 1. The average Bonchev–Trinajstić information content (AvgIpc) is 3.34. The number of aromatic nitrogens is 1. The zero-order valence-electron chi connectivity index (χ0n) is 18.8. The molecule has 1 fully saturated rings. The van der Waals surface area contributed by atoms with Crippen LogP contribution in [0, 0.1) is 12.7 Å². The Hall–Kier alpha value is -2.91. The Balaban J connectivity index is 1.62. The van der Waals surface area contributed by atoms with Gasteiger partial charge in [-0.05, 0) is 74.7 Å². The minimum Gasteiger partial charge on any atom is -0.491 e. The Kier molecular flexibility index (Phi) is 6.20. The van der Waals surface area contributed by atoms with E-state index in [1.165, 1.54) is 22.5 Å². The molecule has 2 heterocycles. The maximum atomic E-state index is 14.3. The van der Waals surface area contributed by atoms with E-state index in [1.807, 2.05) is 13.8 Å². The largest absolute Gasteiger partial charge is 0.491 e. The van der Waals surface area contributed by atoms with Crippen LogP contribution < -0.4 is 4.74 Å². The van der Waals surface area contributed by atoms with Crippen molar-refractivity contribution in [2.45, 2.75) is 50.7 Å². The predicted octanol–water partition coefficient (Wildman–Crippen LogP) is 4.14. The lowest BCUT2D eigenvalue weighted by Gasteiger charge is -2.17. The summed E-state index contributed by atoms with van der Waals surface area (Å²) in [5, 5.41) is 9.90. The fraction of sp³-hybridized carbons (Fsp3) is 0.375. The number of halogens is 1. The first-order valence-electron chi connectivity index (χ1n) is 10.8. The molecule has 1 saturated heterocycles. The van der Waals surface area contributed by atoms with Gasteiger partial charge in [-0.15, -0.1) is 0 Å². The first-order chi connectivity index (χ1) is 15.6. The van der Waals surface area contributed by atoms with Crippen LogP contribution in [-0.2, 0) is 21.4 Å². The summed E-state index contributed by atoms with van der Waals surface area (Å²) in [5.74, 6) is -0.932. The summed E-state index contributed by atoms with van der Waals surface area (Å²) in [4.78, 5) is 11.5. The molecule has 1 atom stereocenters. The number of carboxylic acids is 1. The van der Waals surface area contributed by atoms with Crippen molar-refractivity contribution in [1.29, 1.82) is 0 Å². The molecule has 0 aliphatic carbocycles. The van der Waals surface area contributed by atoms with Crippen molar-refractivity contribution < 1.29 is 27.4 Å². The highest BCUT2D eigenvalue weighted by Crippen LogP contribution is 2.37. The molecular formula is C24H27FN2O5S. The van der Waals surface area contributed by atoms with Gasteiger partial charge in [0.25, 0.3) is 0 Å². The van der Waals surface area contributed by atoms with Crippen molar-refractivity contribution in [3.63, 3.8) is 0 Å². The third-order valence-corrected chi connectivity index (χ3v) is 7.80. The van der Waals surface area contributed by atoms with E-state index in [9.17, 15) is 22.7 Å². The lowest BCUT2D eigenvalue weighted by Crippen LogP contribution is -2.28. The van der Waals surface area contributed by atoms with Crippen LogP contribution >= 0.6 is 0 Å². The number of carboxylic acid groups (broad SMARTS) is 1. The number of hydrogen-bond donors (Lipinski definition) is 1. The van der Waals surface area contributed by atoms with Crippen LogP contribution in [0.4, 0.5) is 4.39 Å². The number of ether oxygens (including phenoxy) is 1. The minimum absolute atomic E-state index is 0.0105. The van der Waals surface area contributed by atoms with E-state index < -0.39 is 16.0 Å². The molecule has 0 saturated carbocycles. The molecule has 4 rings (SSSR count). The molecule has 33 heavy (non-hydrogen) atoms. The fourth-order valence-electron chi connectivity index (χ4n) is 4.36. The van der Waals surface area contributed by atoms with Gasteiger partial charge in [0.2, 0.25) is 10.0 Å². The van der Waals surface area contributed by atoms with Gasteiger partial charge < -0.3 is 14.4 Å². The fourth-order valence-corrected chi connectivity index (χ4v) is 5.86. The third kappa shape index (κ3) is 4.60. The van der Waals surface area contributed by atoms with Gasteiger partial charge in [-0.1, -0.05) is 0 Å². The highest BCUT2D eigenvalue weighted by molar-refractivity contribution is 7.89. The summed E-state index contributed by atoms with van der Waals surface area (Å²) < 4.78 is 49.4. The van der Waals surface area contributed by atoms with Gasteiger partial charge in [0, 0.05) is 36.1 Å². The van der Waals surface area contributed by atoms with E-state index >= 15 is 0 Å². The lowest BCUT2D eigenvalue weighted by molar-refractivity contribution is -0.137. The summed E-state index contributed by atoms with van der Waals surface area (Å²) in [6, 6.07) is 9.43. The number of hydrogen-bond acceptors (Lipinski definition) is 4. The quantitative estimate of drug-likeness (QED) is 0.556. The number of carbonyl (C=O) groups is 1. The van der Waals surface area contributed by atoms with Gasteiger partial charge in [0.15, 0.2) is 0 Å². The molecule has 1 unspecified atom stereocenters. The average molecular weight is 475 g/mol. The molecule has 1 N–H and O–H groups in total. The topological polar surface area (TPSA) is 88.8 Å². The van der Waals surface area contributed by atoms with Crippen LogP contribution in [0.3, 0.4) is 0 Å². The lowest BCUT2D eigenvalue weighted by atomic mass is 9.97. The van der Waals surface area contributed by atoms with E-state index in [2.05, 4.69) is 0 Å². The van der Waals surface area contributed by atoms with Crippen LogP contribution in [0.1, 0.15) is 37.3 Å². The standard InChI is InChI=1S/C24H27FN2O5S/c1-15(2)32-18-4-6-19(7-5-18)33(30,31)27-9-8-17(12-27)21-13-26(14-24(28)29)23-10-16(3)22(25)11-20(21)23/h4-7,10-11,13,15,17H,8-9,12,14H2,1-3H3,(H,28,29). The highest BCUT2D eigenvalue weighted by Gasteiger charge is 2.34. The molecule has 7 nitrogen and oxygen atoms in total. The molecule has 1 aliphatic heterocycles. The van der Waals surface area contributed by atoms with Crippen LogP contribution in [-0.4, -0.2) is 47.6 Å². The van der Waals surface area contributed by atoms with E-state index in [-0.39, 0.29) is 35.8 Å². The molecule has 0 spiro atoms. The van der Waals surface area contributed by atoms with Crippen LogP contribution in [0.15, 0.2) is 47.5 Å². The molecule has 0 radical (unpaired) electrons. The normalized spacial score (nSPS) is 17.2. The number of aliphatic carboxylic acids is 1. The van der Waals surface area contributed by atoms with Crippen LogP contribution in [0.2, 0.25) is 0 Å². The van der Waals surface area contributed by atoms with E-state index in [0.717, 1.165) is 5.56 Å². The number of rotatable bonds is 7. The van der Waals surface area contributed by atoms with Gasteiger partial charge in [0.1, 0.15) is 18.1 Å². The van der Waals surface area contributed by atoms with E-state index in [4.69, 9.17) is 4.74 Å². The van der Waals surface area contributed by atoms with Crippen molar-refractivity contribution in [3.05, 3.63) is 59.5 Å². The molecule has 1 aliphatic rings. The zero-order valence-corrected chi connectivity index (χ0v) is 19.6. The Morgan fingerprint density at radius 3 is 2.58 bits per heavy atom. The third-order valence-electron chi connectivity index (χ3n) is 5.92. The van der Waals surface area contributed by atoms with Gasteiger partial charge in [-0.2, -0.15) is 4.31 Å². The summed E-state index contributed by atoms with van der Waals surface area (Å²) in [6.45, 7) is 5.76. The number of fused-ring (bicyclic) bond motifs is 1. The summed E-state index contributed by atoms with van der Waals surface area (Å²) in [6.07, 6.45) is 2.27. The first-order valence-corrected chi connectivity index (χ1v) is 12.3. The first kappa shape index (κ1) is 23.3. The van der Waals surface area contributed by atoms with Crippen molar-refractivity contribution in [2.24, 2.45) is 0 Å². The van der Waals surface area contributed by atoms with Crippen LogP contribution in [0.25, 0.3) is 10.9 Å². The molecule has 176 valence electrons. The van der Waals surface area contributed by atoms with Crippen molar-refractivity contribution in [2.75, 3.05) is 13.1 Å². The van der Waals surface area contributed by atoms with E-state index in [1.54, 1.807) is 35.9 Å². The van der Waals surface area contributed by atoms with Crippen molar-refractivity contribution >= 4 is 26.9 Å². The number of sulfonamides is 1. The minimum atomic E-state index is -3.70. The van der Waals surface area contributed by atoms with Crippen LogP contribution in [0.5, 0.6) is 5.75 Å². The van der Waals surface area contributed by atoms with Gasteiger partial charge in [-0.3, -0.25) is 4.79 Å². The second-order valence-electron chi connectivity index (χ2n) is 8.71. The second kappa shape index (κ2) is 8.79. The Morgan fingerprint density at radius 2 is 1.94 bits per heavy atom. The number of benzene rings is 2. The van der Waals surface area contributed by atoms with Crippen molar-refractivity contribution in [3.8, 4) is 5.75 Å². The predicted molar refractivity (Wildman–Crippen MR) is 123 cm³/mol. The Labute approximate surface area is 192 Å². The molecule has 9 heteroatoms. The Morgan fingerprint density at radius 1 is 1.24 bits per heavy atom. The Bertz CT molecular complexity index is 1300. The van der Waals surface area contributed by atoms with Gasteiger partial charge in [-0.25, -0.2) is 12.8 Å². The maximum Gasteiger partial charge on any atom is 0.323 e. The molecular weight excluding hydrogens is 447 g/mol. The summed E-state index contributed by atoms with van der Waals surface area (Å²) >= 11 is 0. The molecule has 3 aromatic rings. The number of nitrogens with zero attached hydrogens (tertiary/aromatic N) is 2. The molecule has 0 bridgehead atoms. The molecule has 0 amide bonds. The second-order valence-corrected chi connectivity index (χ2v) is 10.6. The van der Waals surface area contributed by atoms with Gasteiger partial charge in [0.05, 0.1) is 11.0 Å². The van der Waals surface area contributed by atoms with E-state index in [0.29, 0.717) is 35.2 Å². The molecule has 1 aromatic heterocycles. The summed E-state index contributed by atoms with van der Waals surface area (Å²) in [5.41, 5.74) is 1.83. The zero-order chi connectivity index (χ0) is 23.9. The van der Waals surface area contributed by atoms with Gasteiger partial charge >= 0.3 is 5.97 Å². The summed E-state index contributed by atoms with van der Waals surface area (Å²) in [7, 11) is -3.70. The van der Waals surface area contributed by atoms with Crippen molar-refractivity contribution in [1.82, 2.24) is 8.87 Å². The smallest absolute Gasteiger partial charge is 0.323 e. The molecule has 2 aromatic carbocycles.